The summed E-state index contributed by atoms with van der Waals surface area (Å²) in [5.41, 5.74) is 0.581. The maximum absolute atomic E-state index is 13.2. The van der Waals surface area contributed by atoms with Gasteiger partial charge in [0.25, 0.3) is 5.56 Å². The van der Waals surface area contributed by atoms with Crippen LogP contribution in [-0.4, -0.2) is 9.97 Å². The molecule has 7 heteroatoms. The second-order valence-corrected chi connectivity index (χ2v) is 4.72. The summed E-state index contributed by atoms with van der Waals surface area (Å²) in [6.07, 6.45) is 0. The van der Waals surface area contributed by atoms with Gasteiger partial charge >= 0.3 is 0 Å². The quantitative estimate of drug-likeness (QED) is 0.726. The third-order valence-corrected chi connectivity index (χ3v) is 3.06. The lowest BCUT2D eigenvalue weighted by molar-refractivity contribution is 0.448. The van der Waals surface area contributed by atoms with E-state index in [9.17, 15) is 18.0 Å². The molecule has 1 heterocycles. The van der Waals surface area contributed by atoms with Gasteiger partial charge < -0.3 is 5.32 Å². The van der Waals surface area contributed by atoms with Crippen LogP contribution >= 0.6 is 0 Å². The minimum absolute atomic E-state index is 0.0123. The normalized spacial score (nSPS) is 10.6. The van der Waals surface area contributed by atoms with Crippen molar-refractivity contribution in [1.29, 1.82) is 0 Å². The van der Waals surface area contributed by atoms with Crippen LogP contribution in [-0.2, 0) is 0 Å². The number of hydrogen-bond donors (Lipinski definition) is 2. The lowest BCUT2D eigenvalue weighted by atomic mass is 10.1. The van der Waals surface area contributed by atoms with Crippen LogP contribution in [0.5, 0.6) is 0 Å². The van der Waals surface area contributed by atoms with E-state index in [1.807, 2.05) is 6.07 Å². The number of H-pyrrole nitrogens is 1. The molecule has 0 fully saturated rings. The van der Waals surface area contributed by atoms with Crippen molar-refractivity contribution in [2.45, 2.75) is 0 Å². The maximum Gasteiger partial charge on any atom is 0.252 e. The number of hydrogen-bond acceptors (Lipinski definition) is 3. The van der Waals surface area contributed by atoms with Crippen molar-refractivity contribution in [1.82, 2.24) is 9.97 Å². The van der Waals surface area contributed by atoms with Gasteiger partial charge in [0.2, 0.25) is 5.95 Å². The number of rotatable bonds is 3. The molecular formula is C16H10F3N3O. The topological polar surface area (TPSA) is 57.8 Å². The van der Waals surface area contributed by atoms with Gasteiger partial charge in [-0.25, -0.2) is 18.2 Å². The Kier molecular flexibility index (Phi) is 3.84. The predicted molar refractivity (Wildman–Crippen MR) is 79.9 cm³/mol. The second-order valence-electron chi connectivity index (χ2n) is 4.72. The highest BCUT2D eigenvalue weighted by Gasteiger charge is 2.11. The molecule has 0 atom stereocenters. The average molecular weight is 317 g/mol. The SMILES string of the molecule is O=c1cc(-c2ccccc2)nc(Nc2cc(F)c(F)c(F)c2)[nH]1. The zero-order valence-electron chi connectivity index (χ0n) is 11.6. The van der Waals surface area contributed by atoms with E-state index < -0.39 is 23.0 Å². The highest BCUT2D eigenvalue weighted by Crippen LogP contribution is 2.21. The summed E-state index contributed by atoms with van der Waals surface area (Å²) in [5, 5.41) is 2.55. The first-order valence-electron chi connectivity index (χ1n) is 6.61. The third-order valence-electron chi connectivity index (χ3n) is 3.06. The number of nitrogens with zero attached hydrogens (tertiary/aromatic N) is 1. The molecule has 2 N–H and O–H groups in total. The average Bonchev–Trinajstić information content (AvgIpc) is 2.53. The second kappa shape index (κ2) is 5.96. The van der Waals surface area contributed by atoms with Gasteiger partial charge in [0.1, 0.15) is 0 Å². The first-order chi connectivity index (χ1) is 11.0. The molecule has 23 heavy (non-hydrogen) atoms. The van der Waals surface area contributed by atoms with Crippen molar-refractivity contribution in [2.24, 2.45) is 0 Å². The number of aromatic nitrogens is 2. The Hall–Kier alpha value is -3.09. The van der Waals surface area contributed by atoms with Gasteiger partial charge in [0.15, 0.2) is 17.5 Å². The van der Waals surface area contributed by atoms with E-state index in [2.05, 4.69) is 15.3 Å². The highest BCUT2D eigenvalue weighted by molar-refractivity contribution is 5.61. The fraction of sp³-hybridized carbons (Fsp3) is 0. The minimum atomic E-state index is -1.56. The molecule has 1 aromatic heterocycles. The van der Waals surface area contributed by atoms with Crippen LogP contribution in [0.15, 0.2) is 53.3 Å². The fourth-order valence-corrected chi connectivity index (χ4v) is 2.04. The summed E-state index contributed by atoms with van der Waals surface area (Å²) in [4.78, 5) is 18.3. The van der Waals surface area contributed by atoms with E-state index in [4.69, 9.17) is 0 Å². The molecule has 0 amide bonds. The van der Waals surface area contributed by atoms with E-state index in [1.54, 1.807) is 24.3 Å². The summed E-state index contributed by atoms with van der Waals surface area (Å²) in [5.74, 6) is -4.25. The molecule has 116 valence electrons. The van der Waals surface area contributed by atoms with Crippen LogP contribution in [0.1, 0.15) is 0 Å². The predicted octanol–water partition coefficient (Wildman–Crippen LogP) is 3.60. The van der Waals surface area contributed by atoms with Crippen LogP contribution in [0.2, 0.25) is 0 Å². The molecule has 0 aliphatic rings. The lowest BCUT2D eigenvalue weighted by Gasteiger charge is -2.08. The summed E-state index contributed by atoms with van der Waals surface area (Å²) >= 11 is 0. The Morgan fingerprint density at radius 3 is 2.26 bits per heavy atom. The molecule has 0 radical (unpaired) electrons. The summed E-state index contributed by atoms with van der Waals surface area (Å²) in [6.45, 7) is 0. The van der Waals surface area contributed by atoms with Crippen LogP contribution in [0.25, 0.3) is 11.3 Å². The molecule has 0 spiro atoms. The molecule has 3 aromatic rings. The van der Waals surface area contributed by atoms with E-state index in [-0.39, 0.29) is 11.6 Å². The summed E-state index contributed by atoms with van der Waals surface area (Å²) in [6, 6.07) is 11.8. The molecule has 0 saturated heterocycles. The first kappa shape index (κ1) is 14.8. The van der Waals surface area contributed by atoms with E-state index in [1.165, 1.54) is 6.07 Å². The van der Waals surface area contributed by atoms with Gasteiger partial charge in [-0.15, -0.1) is 0 Å². The number of anilines is 2. The zero-order chi connectivity index (χ0) is 16.4. The number of aromatic amines is 1. The van der Waals surface area contributed by atoms with Gasteiger partial charge in [-0.2, -0.15) is 0 Å². The van der Waals surface area contributed by atoms with Crippen molar-refractivity contribution in [2.75, 3.05) is 5.32 Å². The molecule has 4 nitrogen and oxygen atoms in total. The fourth-order valence-electron chi connectivity index (χ4n) is 2.04. The Balaban J connectivity index is 1.98. The van der Waals surface area contributed by atoms with Crippen molar-refractivity contribution in [3.63, 3.8) is 0 Å². The first-order valence-corrected chi connectivity index (χ1v) is 6.61. The number of benzene rings is 2. The van der Waals surface area contributed by atoms with Crippen LogP contribution in [0.4, 0.5) is 24.8 Å². The Bertz CT molecular complexity index is 887. The van der Waals surface area contributed by atoms with Crippen LogP contribution in [0, 0.1) is 17.5 Å². The van der Waals surface area contributed by atoms with Gasteiger partial charge in [0.05, 0.1) is 5.69 Å². The van der Waals surface area contributed by atoms with Crippen molar-refractivity contribution >= 4 is 11.6 Å². The third kappa shape index (κ3) is 3.23. The largest absolute Gasteiger partial charge is 0.325 e. The molecule has 3 rings (SSSR count). The molecular weight excluding hydrogens is 307 g/mol. The van der Waals surface area contributed by atoms with E-state index >= 15 is 0 Å². The molecule has 0 bridgehead atoms. The molecule has 0 unspecified atom stereocenters. The summed E-state index contributed by atoms with van der Waals surface area (Å²) in [7, 11) is 0. The standard InChI is InChI=1S/C16H10F3N3O/c17-11-6-10(7-12(18)15(11)19)20-16-21-13(8-14(23)22-16)9-4-2-1-3-5-9/h1-8H,(H2,20,21,22,23). The maximum atomic E-state index is 13.2. The van der Waals surface area contributed by atoms with Crippen LogP contribution < -0.4 is 10.9 Å². The summed E-state index contributed by atoms with van der Waals surface area (Å²) < 4.78 is 39.4. The molecule has 0 saturated carbocycles. The van der Waals surface area contributed by atoms with E-state index in [0.29, 0.717) is 11.3 Å². The number of halogens is 3. The van der Waals surface area contributed by atoms with E-state index in [0.717, 1.165) is 12.1 Å². The van der Waals surface area contributed by atoms with Gasteiger partial charge in [0, 0.05) is 29.4 Å². The Morgan fingerprint density at radius 1 is 0.957 bits per heavy atom. The molecule has 2 aromatic carbocycles. The van der Waals surface area contributed by atoms with Gasteiger partial charge in [-0.3, -0.25) is 9.78 Å². The van der Waals surface area contributed by atoms with Gasteiger partial charge in [-0.05, 0) is 0 Å². The highest BCUT2D eigenvalue weighted by atomic mass is 19.2. The Morgan fingerprint density at radius 2 is 1.61 bits per heavy atom. The lowest BCUT2D eigenvalue weighted by Crippen LogP contribution is -2.10. The smallest absolute Gasteiger partial charge is 0.252 e. The molecule has 0 aliphatic carbocycles. The number of nitrogens with one attached hydrogen (secondary N) is 2. The zero-order valence-corrected chi connectivity index (χ0v) is 11.6. The Labute approximate surface area is 128 Å². The van der Waals surface area contributed by atoms with Crippen molar-refractivity contribution in [3.05, 3.63) is 76.3 Å². The van der Waals surface area contributed by atoms with Crippen molar-refractivity contribution < 1.29 is 13.2 Å². The van der Waals surface area contributed by atoms with Crippen LogP contribution in [0.3, 0.4) is 0 Å². The monoisotopic (exact) mass is 317 g/mol. The van der Waals surface area contributed by atoms with Gasteiger partial charge in [-0.1, -0.05) is 30.3 Å². The van der Waals surface area contributed by atoms with Crippen molar-refractivity contribution in [3.8, 4) is 11.3 Å². The molecule has 0 aliphatic heterocycles. The minimum Gasteiger partial charge on any atom is -0.325 e.